The standard InChI is InChI=1S/C15H16N8O3/c1-8-14(9(2)26-19-8)15(24)22(7-13-17-20-21-18-13)11-3-4-12-10(5-11)6-16-23(12)25/h3-6,20-21,25H,7H2,1-2H3,(H,17,18). The number of hydrogen-bond donors (Lipinski definition) is 4. The summed E-state index contributed by atoms with van der Waals surface area (Å²) < 4.78 is 5.13. The fraction of sp³-hybridized carbons (Fsp3) is 0.200. The number of hydrazine groups is 2. The number of fused-ring (bicyclic) bond motifs is 1. The van der Waals surface area contributed by atoms with Crippen molar-refractivity contribution in [1.29, 1.82) is 0 Å². The van der Waals surface area contributed by atoms with Crippen LogP contribution in [-0.4, -0.2) is 38.6 Å². The van der Waals surface area contributed by atoms with Gasteiger partial charge < -0.3 is 14.6 Å². The summed E-state index contributed by atoms with van der Waals surface area (Å²) in [4.78, 5) is 15.5. The van der Waals surface area contributed by atoms with Crippen LogP contribution in [0.1, 0.15) is 21.8 Å². The molecule has 4 rings (SSSR count). The number of carbonyl (C=O) groups is 1. The molecular formula is C15H16N8O3. The minimum atomic E-state index is -0.270. The molecule has 134 valence electrons. The number of benzene rings is 1. The van der Waals surface area contributed by atoms with Crippen molar-refractivity contribution in [2.24, 2.45) is 5.10 Å². The second-order valence-electron chi connectivity index (χ2n) is 5.79. The van der Waals surface area contributed by atoms with Gasteiger partial charge in [-0.15, -0.1) is 20.6 Å². The number of anilines is 1. The van der Waals surface area contributed by atoms with E-state index in [1.807, 2.05) is 0 Å². The maximum Gasteiger partial charge on any atom is 0.264 e. The first-order valence-corrected chi connectivity index (χ1v) is 7.79. The summed E-state index contributed by atoms with van der Waals surface area (Å²) in [5.74, 6) is 0.704. The third-order valence-electron chi connectivity index (χ3n) is 4.10. The van der Waals surface area contributed by atoms with Crippen molar-refractivity contribution in [3.05, 3.63) is 41.4 Å². The van der Waals surface area contributed by atoms with Gasteiger partial charge in [0.25, 0.3) is 5.91 Å². The number of carbonyl (C=O) groups excluding carboxylic acids is 1. The number of aromatic nitrogens is 3. The van der Waals surface area contributed by atoms with Crippen molar-refractivity contribution in [1.82, 2.24) is 31.6 Å². The van der Waals surface area contributed by atoms with Crippen LogP contribution in [0.25, 0.3) is 10.9 Å². The molecule has 3 heterocycles. The third-order valence-corrected chi connectivity index (χ3v) is 4.10. The number of amidine groups is 1. The highest BCUT2D eigenvalue weighted by Crippen LogP contribution is 2.25. The lowest BCUT2D eigenvalue weighted by Gasteiger charge is -2.22. The van der Waals surface area contributed by atoms with Crippen molar-refractivity contribution in [2.45, 2.75) is 13.8 Å². The normalized spacial score (nSPS) is 13.4. The molecule has 11 nitrogen and oxygen atoms in total. The van der Waals surface area contributed by atoms with Gasteiger partial charge in [0.05, 0.1) is 18.4 Å². The first-order chi connectivity index (χ1) is 12.5. The quantitative estimate of drug-likeness (QED) is 0.495. The molecular weight excluding hydrogens is 340 g/mol. The summed E-state index contributed by atoms with van der Waals surface area (Å²) in [5.41, 5.74) is 10.1. The zero-order chi connectivity index (χ0) is 18.3. The van der Waals surface area contributed by atoms with Crippen LogP contribution in [0.3, 0.4) is 0 Å². The highest BCUT2D eigenvalue weighted by atomic mass is 16.5. The average Bonchev–Trinajstić information content (AvgIpc) is 3.34. The third kappa shape index (κ3) is 2.59. The molecule has 2 aromatic heterocycles. The Labute approximate surface area is 147 Å². The molecule has 0 bridgehead atoms. The monoisotopic (exact) mass is 356 g/mol. The van der Waals surface area contributed by atoms with E-state index in [0.717, 1.165) is 4.85 Å². The Morgan fingerprint density at radius 2 is 2.23 bits per heavy atom. The van der Waals surface area contributed by atoms with Gasteiger partial charge >= 0.3 is 0 Å². The van der Waals surface area contributed by atoms with Crippen LogP contribution >= 0.6 is 0 Å². The van der Waals surface area contributed by atoms with Gasteiger partial charge in [0.1, 0.15) is 16.8 Å². The molecule has 11 heteroatoms. The van der Waals surface area contributed by atoms with Crippen LogP contribution in [0.4, 0.5) is 5.69 Å². The molecule has 1 aliphatic heterocycles. The molecule has 26 heavy (non-hydrogen) atoms. The van der Waals surface area contributed by atoms with E-state index in [1.54, 1.807) is 36.9 Å². The molecule has 4 N–H and O–H groups in total. The summed E-state index contributed by atoms with van der Waals surface area (Å²) in [6, 6.07) is 5.18. The van der Waals surface area contributed by atoms with E-state index in [9.17, 15) is 10.0 Å². The van der Waals surface area contributed by atoms with Gasteiger partial charge in [-0.05, 0) is 32.0 Å². The van der Waals surface area contributed by atoms with Crippen LogP contribution < -0.4 is 21.4 Å². The zero-order valence-electron chi connectivity index (χ0n) is 14.0. The van der Waals surface area contributed by atoms with Crippen LogP contribution in [-0.2, 0) is 0 Å². The predicted molar refractivity (Wildman–Crippen MR) is 91.4 cm³/mol. The Balaban J connectivity index is 1.77. The summed E-state index contributed by atoms with van der Waals surface area (Å²) in [5, 5.41) is 22.1. The molecule has 1 aromatic carbocycles. The number of hydrazone groups is 1. The van der Waals surface area contributed by atoms with Crippen molar-refractivity contribution in [3.8, 4) is 0 Å². The van der Waals surface area contributed by atoms with E-state index >= 15 is 0 Å². The molecule has 0 aliphatic carbocycles. The predicted octanol–water partition coefficient (Wildman–Crippen LogP) is 0.451. The van der Waals surface area contributed by atoms with E-state index in [4.69, 9.17) is 4.52 Å². The molecule has 0 radical (unpaired) electrons. The number of rotatable bonds is 4. The first-order valence-electron chi connectivity index (χ1n) is 7.79. The van der Waals surface area contributed by atoms with Gasteiger partial charge in [0.2, 0.25) is 0 Å². The SMILES string of the molecule is Cc1noc(C)c1C(=O)N(CC1=NNNN1)c1ccc2c(cnn2O)c1. The summed E-state index contributed by atoms with van der Waals surface area (Å²) in [6.07, 6.45) is 1.52. The van der Waals surface area contributed by atoms with Gasteiger partial charge in [-0.2, -0.15) is 0 Å². The number of amides is 1. The van der Waals surface area contributed by atoms with Crippen LogP contribution in [0, 0.1) is 13.8 Å². The van der Waals surface area contributed by atoms with E-state index in [1.165, 1.54) is 6.20 Å². The minimum Gasteiger partial charge on any atom is -0.411 e. The average molecular weight is 356 g/mol. The lowest BCUT2D eigenvalue weighted by Crippen LogP contribution is -2.43. The van der Waals surface area contributed by atoms with Crippen LogP contribution in [0.5, 0.6) is 0 Å². The number of aryl methyl sites for hydroxylation is 2. The highest BCUT2D eigenvalue weighted by molar-refractivity contribution is 6.11. The Morgan fingerprint density at radius 1 is 1.38 bits per heavy atom. The molecule has 0 fully saturated rings. The molecule has 0 spiro atoms. The maximum atomic E-state index is 13.2. The molecule has 3 aromatic rings. The van der Waals surface area contributed by atoms with E-state index < -0.39 is 0 Å². The number of nitrogens with one attached hydrogen (secondary N) is 3. The maximum absolute atomic E-state index is 13.2. The van der Waals surface area contributed by atoms with Crippen molar-refractivity contribution < 1.29 is 14.5 Å². The fourth-order valence-corrected chi connectivity index (χ4v) is 2.83. The van der Waals surface area contributed by atoms with Crippen LogP contribution in [0.15, 0.2) is 34.0 Å². The first kappa shape index (κ1) is 15.9. The zero-order valence-corrected chi connectivity index (χ0v) is 14.0. The Hall–Kier alpha value is -3.60. The van der Waals surface area contributed by atoms with E-state index in [-0.39, 0.29) is 12.5 Å². The van der Waals surface area contributed by atoms with Gasteiger partial charge in [-0.1, -0.05) is 5.16 Å². The molecule has 0 saturated carbocycles. The van der Waals surface area contributed by atoms with E-state index in [2.05, 4.69) is 31.9 Å². The van der Waals surface area contributed by atoms with Crippen molar-refractivity contribution in [3.63, 3.8) is 0 Å². The summed E-state index contributed by atoms with van der Waals surface area (Å²) >= 11 is 0. The molecule has 1 amide bonds. The van der Waals surface area contributed by atoms with Gasteiger partial charge in [-0.3, -0.25) is 10.2 Å². The lowest BCUT2D eigenvalue weighted by molar-refractivity contribution is 0.0988. The summed E-state index contributed by atoms with van der Waals surface area (Å²) in [6.45, 7) is 3.59. The lowest BCUT2D eigenvalue weighted by atomic mass is 10.1. The van der Waals surface area contributed by atoms with Crippen LogP contribution in [0.2, 0.25) is 0 Å². The largest absolute Gasteiger partial charge is 0.411 e. The van der Waals surface area contributed by atoms with E-state index in [0.29, 0.717) is 39.4 Å². The highest BCUT2D eigenvalue weighted by Gasteiger charge is 2.27. The van der Waals surface area contributed by atoms with Gasteiger partial charge in [-0.25, -0.2) is 5.53 Å². The molecule has 0 unspecified atom stereocenters. The number of hydrogen-bond acceptors (Lipinski definition) is 9. The Kier molecular flexibility index (Phi) is 3.69. The second kappa shape index (κ2) is 6.04. The molecule has 1 aliphatic rings. The van der Waals surface area contributed by atoms with Crippen molar-refractivity contribution in [2.75, 3.05) is 11.4 Å². The van der Waals surface area contributed by atoms with Crippen molar-refractivity contribution >= 4 is 28.3 Å². The van der Waals surface area contributed by atoms with Gasteiger partial charge in [0, 0.05) is 11.1 Å². The second-order valence-corrected chi connectivity index (χ2v) is 5.79. The minimum absolute atomic E-state index is 0.182. The Bertz CT molecular complexity index is 1000. The molecule has 0 saturated heterocycles. The smallest absolute Gasteiger partial charge is 0.264 e. The fourth-order valence-electron chi connectivity index (χ4n) is 2.83. The Morgan fingerprint density at radius 3 is 2.92 bits per heavy atom. The topological polar surface area (TPSA) is 133 Å². The summed E-state index contributed by atoms with van der Waals surface area (Å²) in [7, 11) is 0. The molecule has 0 atom stereocenters. The number of nitrogens with zero attached hydrogens (tertiary/aromatic N) is 5. The van der Waals surface area contributed by atoms with Gasteiger partial charge in [0.15, 0.2) is 5.84 Å².